The molecule has 0 spiro atoms. The van der Waals surface area contributed by atoms with E-state index in [1.807, 2.05) is 6.26 Å². The summed E-state index contributed by atoms with van der Waals surface area (Å²) in [6.07, 6.45) is 10.1. The van der Waals surface area contributed by atoms with Gasteiger partial charge in [-0.1, -0.05) is 12.8 Å². The molecule has 0 saturated heterocycles. The van der Waals surface area contributed by atoms with Crippen LogP contribution in [-0.2, 0) is 13.1 Å². The molecule has 1 heterocycles. The minimum Gasteiger partial charge on any atom is -0.468 e. The molecule has 18 heavy (non-hydrogen) atoms. The Labute approximate surface area is 110 Å². The Morgan fingerprint density at radius 2 is 2.06 bits per heavy atom. The van der Waals surface area contributed by atoms with E-state index >= 15 is 0 Å². The van der Waals surface area contributed by atoms with Crippen molar-refractivity contribution >= 4 is 0 Å². The molecule has 0 radical (unpaired) electrons. The molecule has 0 unspecified atom stereocenters. The first-order valence-corrected chi connectivity index (χ1v) is 7.31. The van der Waals surface area contributed by atoms with Crippen molar-refractivity contribution in [3.8, 4) is 0 Å². The van der Waals surface area contributed by atoms with Gasteiger partial charge in [0.2, 0.25) is 0 Å². The van der Waals surface area contributed by atoms with E-state index in [4.69, 9.17) is 4.42 Å². The minimum absolute atomic E-state index is 0.767. The topological polar surface area (TPSA) is 28.4 Å². The third kappa shape index (κ3) is 3.15. The van der Waals surface area contributed by atoms with Gasteiger partial charge in [-0.05, 0) is 38.8 Å². The van der Waals surface area contributed by atoms with Gasteiger partial charge < -0.3 is 9.73 Å². The van der Waals surface area contributed by atoms with Crippen molar-refractivity contribution < 1.29 is 4.42 Å². The van der Waals surface area contributed by atoms with E-state index < -0.39 is 0 Å². The molecule has 3 rings (SSSR count). The molecule has 100 valence electrons. The van der Waals surface area contributed by atoms with Gasteiger partial charge in [-0.25, -0.2) is 0 Å². The van der Waals surface area contributed by atoms with E-state index in [1.54, 1.807) is 0 Å². The van der Waals surface area contributed by atoms with Crippen molar-refractivity contribution in [2.75, 3.05) is 7.05 Å². The molecule has 2 fully saturated rings. The molecule has 0 aliphatic heterocycles. The SMILES string of the molecule is CN(Cc1cc(CNC2CC2)co1)C1CCCC1. The molecule has 1 aromatic rings. The van der Waals surface area contributed by atoms with Crippen LogP contribution in [0.3, 0.4) is 0 Å². The van der Waals surface area contributed by atoms with E-state index in [9.17, 15) is 0 Å². The maximum absolute atomic E-state index is 5.67. The van der Waals surface area contributed by atoms with Gasteiger partial charge in [0, 0.05) is 24.2 Å². The van der Waals surface area contributed by atoms with E-state index in [-0.39, 0.29) is 0 Å². The molecular formula is C15H24N2O. The summed E-state index contributed by atoms with van der Waals surface area (Å²) < 4.78 is 5.67. The molecule has 0 amide bonds. The van der Waals surface area contributed by atoms with Crippen LogP contribution >= 0.6 is 0 Å². The van der Waals surface area contributed by atoms with Crippen LogP contribution in [0, 0.1) is 0 Å². The van der Waals surface area contributed by atoms with Crippen LogP contribution in [0.5, 0.6) is 0 Å². The van der Waals surface area contributed by atoms with E-state index in [2.05, 4.69) is 23.3 Å². The molecule has 2 aliphatic rings. The van der Waals surface area contributed by atoms with Crippen LogP contribution < -0.4 is 5.32 Å². The lowest BCUT2D eigenvalue weighted by molar-refractivity contribution is 0.219. The zero-order chi connectivity index (χ0) is 12.4. The highest BCUT2D eigenvalue weighted by molar-refractivity contribution is 5.13. The van der Waals surface area contributed by atoms with Crippen LogP contribution in [0.1, 0.15) is 49.8 Å². The summed E-state index contributed by atoms with van der Waals surface area (Å²) in [5, 5.41) is 3.52. The Bertz CT molecular complexity index is 378. The van der Waals surface area contributed by atoms with Gasteiger partial charge in [-0.3, -0.25) is 4.90 Å². The van der Waals surface area contributed by atoms with Crippen molar-refractivity contribution in [2.45, 2.75) is 63.7 Å². The van der Waals surface area contributed by atoms with Gasteiger partial charge in [-0.2, -0.15) is 0 Å². The molecule has 0 aromatic carbocycles. The molecule has 3 heteroatoms. The molecule has 3 nitrogen and oxygen atoms in total. The fraction of sp³-hybridized carbons (Fsp3) is 0.733. The van der Waals surface area contributed by atoms with E-state index in [0.29, 0.717) is 0 Å². The van der Waals surface area contributed by atoms with Gasteiger partial charge >= 0.3 is 0 Å². The van der Waals surface area contributed by atoms with Crippen LogP contribution in [0.2, 0.25) is 0 Å². The predicted octanol–water partition coefficient (Wildman–Crippen LogP) is 2.91. The number of hydrogen-bond donors (Lipinski definition) is 1. The van der Waals surface area contributed by atoms with Crippen molar-refractivity contribution in [3.05, 3.63) is 23.7 Å². The van der Waals surface area contributed by atoms with Crippen LogP contribution in [0.4, 0.5) is 0 Å². The first-order chi connectivity index (χ1) is 8.81. The standard InChI is InChI=1S/C15H24N2O/c1-17(14-4-2-3-5-14)10-15-8-12(11-18-15)9-16-13-6-7-13/h8,11,13-14,16H,2-7,9-10H2,1H3. The van der Waals surface area contributed by atoms with Gasteiger partial charge in [-0.15, -0.1) is 0 Å². The quantitative estimate of drug-likeness (QED) is 0.839. The summed E-state index contributed by atoms with van der Waals surface area (Å²) in [4.78, 5) is 2.45. The zero-order valence-electron chi connectivity index (χ0n) is 11.3. The van der Waals surface area contributed by atoms with Crippen LogP contribution in [-0.4, -0.2) is 24.0 Å². The van der Waals surface area contributed by atoms with Crippen LogP contribution in [0.25, 0.3) is 0 Å². The number of nitrogens with zero attached hydrogens (tertiary/aromatic N) is 1. The summed E-state index contributed by atoms with van der Waals surface area (Å²) in [7, 11) is 2.22. The molecule has 0 atom stereocenters. The summed E-state index contributed by atoms with van der Waals surface area (Å²) in [6, 6.07) is 3.74. The number of rotatable bonds is 6. The molecule has 1 aromatic heterocycles. The van der Waals surface area contributed by atoms with E-state index in [1.165, 1.54) is 44.1 Å². The third-order valence-corrected chi connectivity index (χ3v) is 4.23. The van der Waals surface area contributed by atoms with E-state index in [0.717, 1.165) is 30.9 Å². The molecular weight excluding hydrogens is 224 g/mol. The summed E-state index contributed by atoms with van der Waals surface area (Å²) in [6.45, 7) is 1.91. The van der Waals surface area contributed by atoms with Gasteiger partial charge in [0.25, 0.3) is 0 Å². The Hall–Kier alpha value is -0.800. The first kappa shape index (κ1) is 12.2. The molecule has 2 aliphatic carbocycles. The highest BCUT2D eigenvalue weighted by atomic mass is 16.3. The summed E-state index contributed by atoms with van der Waals surface area (Å²) >= 11 is 0. The average Bonchev–Trinajstić information content (AvgIpc) is 2.88. The normalized spacial score (nSPS) is 21.0. The first-order valence-electron chi connectivity index (χ1n) is 7.31. The average molecular weight is 248 g/mol. The fourth-order valence-corrected chi connectivity index (χ4v) is 2.87. The fourth-order valence-electron chi connectivity index (χ4n) is 2.87. The number of nitrogens with one attached hydrogen (secondary N) is 1. The predicted molar refractivity (Wildman–Crippen MR) is 72.3 cm³/mol. The highest BCUT2D eigenvalue weighted by Crippen LogP contribution is 2.24. The second-order valence-electron chi connectivity index (χ2n) is 5.93. The Balaban J connectivity index is 1.48. The maximum atomic E-state index is 5.67. The molecule has 0 bridgehead atoms. The van der Waals surface area contributed by atoms with Crippen molar-refractivity contribution in [3.63, 3.8) is 0 Å². The largest absolute Gasteiger partial charge is 0.468 e. The number of furan rings is 1. The van der Waals surface area contributed by atoms with Crippen molar-refractivity contribution in [1.82, 2.24) is 10.2 Å². The Kier molecular flexibility index (Phi) is 3.71. The monoisotopic (exact) mass is 248 g/mol. The lowest BCUT2D eigenvalue weighted by Crippen LogP contribution is -2.28. The number of hydrogen-bond acceptors (Lipinski definition) is 3. The lowest BCUT2D eigenvalue weighted by Gasteiger charge is -2.22. The lowest BCUT2D eigenvalue weighted by atomic mass is 10.2. The van der Waals surface area contributed by atoms with Gasteiger partial charge in [0.15, 0.2) is 0 Å². The highest BCUT2D eigenvalue weighted by Gasteiger charge is 2.21. The van der Waals surface area contributed by atoms with Gasteiger partial charge in [0.05, 0.1) is 12.8 Å². The summed E-state index contributed by atoms with van der Waals surface area (Å²) in [5.74, 6) is 1.11. The Morgan fingerprint density at radius 1 is 1.28 bits per heavy atom. The second-order valence-corrected chi connectivity index (χ2v) is 5.93. The van der Waals surface area contributed by atoms with Gasteiger partial charge in [0.1, 0.15) is 5.76 Å². The van der Waals surface area contributed by atoms with Crippen LogP contribution in [0.15, 0.2) is 16.7 Å². The summed E-state index contributed by atoms with van der Waals surface area (Å²) in [5.41, 5.74) is 1.29. The minimum atomic E-state index is 0.767. The Morgan fingerprint density at radius 3 is 2.78 bits per heavy atom. The molecule has 1 N–H and O–H groups in total. The molecule has 2 saturated carbocycles. The third-order valence-electron chi connectivity index (χ3n) is 4.23. The smallest absolute Gasteiger partial charge is 0.118 e. The van der Waals surface area contributed by atoms with Crippen molar-refractivity contribution in [2.24, 2.45) is 0 Å². The second kappa shape index (κ2) is 5.45. The van der Waals surface area contributed by atoms with Crippen molar-refractivity contribution in [1.29, 1.82) is 0 Å². The zero-order valence-corrected chi connectivity index (χ0v) is 11.3. The maximum Gasteiger partial charge on any atom is 0.118 e.